The predicted octanol–water partition coefficient (Wildman–Crippen LogP) is 9.64. The molecule has 9 aromatic rings. The van der Waals surface area contributed by atoms with Gasteiger partial charge in [-0.05, 0) is 66.7 Å². The fourth-order valence-corrected chi connectivity index (χ4v) is 5.75. The van der Waals surface area contributed by atoms with Gasteiger partial charge in [-0.1, -0.05) is 18.2 Å². The summed E-state index contributed by atoms with van der Waals surface area (Å²) in [4.78, 5) is 11.3. The minimum absolute atomic E-state index is 0.765. The van der Waals surface area contributed by atoms with E-state index in [1.54, 1.807) is 12.4 Å². The number of aromatic nitrogens is 2. The maximum absolute atomic E-state index is 6.26. The number of hydrogen-bond donors (Lipinski definition) is 0. The third-order valence-corrected chi connectivity index (χ3v) is 7.56. The summed E-state index contributed by atoms with van der Waals surface area (Å²) < 4.78 is 18.7. The number of benzene rings is 4. The van der Waals surface area contributed by atoms with E-state index in [9.17, 15) is 0 Å². The van der Waals surface area contributed by atoms with Gasteiger partial charge in [0.2, 0.25) is 0 Å². The van der Waals surface area contributed by atoms with Gasteiger partial charge in [0, 0.05) is 69.2 Å². The summed E-state index contributed by atoms with van der Waals surface area (Å²) in [6, 6.07) is 34.6. The number of pyridine rings is 2. The van der Waals surface area contributed by atoms with Crippen molar-refractivity contribution < 1.29 is 13.3 Å². The standard InChI is InChI=1S/C34H19N3O3/c1-2-6-27-23(5-1)24-12-9-20(17-30(24)38-27)37(21-10-13-25-31(18-21)39-28-7-3-15-35-33(25)28)22-11-14-26-32(19-22)40-29-8-4-16-36-34(26)29/h1-19H. The molecule has 0 bridgehead atoms. The molecule has 0 N–H and O–H groups in total. The van der Waals surface area contributed by atoms with E-state index in [4.69, 9.17) is 13.3 Å². The van der Waals surface area contributed by atoms with E-state index >= 15 is 0 Å². The Kier molecular flexibility index (Phi) is 4.24. The van der Waals surface area contributed by atoms with Crippen molar-refractivity contribution in [3.63, 3.8) is 0 Å². The van der Waals surface area contributed by atoms with Crippen LogP contribution in [-0.2, 0) is 0 Å². The van der Waals surface area contributed by atoms with Gasteiger partial charge >= 0.3 is 0 Å². The van der Waals surface area contributed by atoms with Crippen molar-refractivity contribution >= 4 is 83.1 Å². The molecule has 4 aromatic carbocycles. The van der Waals surface area contributed by atoms with Crippen molar-refractivity contribution in [2.75, 3.05) is 4.90 Å². The van der Waals surface area contributed by atoms with Crippen molar-refractivity contribution in [1.82, 2.24) is 9.97 Å². The van der Waals surface area contributed by atoms with Crippen molar-refractivity contribution in [3.05, 3.63) is 116 Å². The summed E-state index contributed by atoms with van der Waals surface area (Å²) in [6.45, 7) is 0. The first kappa shape index (κ1) is 21.3. The lowest BCUT2D eigenvalue weighted by molar-refractivity contribution is 0.668. The quantitative estimate of drug-likeness (QED) is 0.232. The molecule has 9 rings (SSSR count). The largest absolute Gasteiger partial charge is 0.456 e. The van der Waals surface area contributed by atoms with E-state index in [1.807, 2.05) is 42.5 Å². The van der Waals surface area contributed by atoms with Crippen molar-refractivity contribution in [2.24, 2.45) is 0 Å². The van der Waals surface area contributed by atoms with Gasteiger partial charge in [-0.2, -0.15) is 0 Å². The second-order valence-corrected chi connectivity index (χ2v) is 9.88. The lowest BCUT2D eigenvalue weighted by Gasteiger charge is -2.25. The SMILES string of the molecule is c1ccc2c(c1)oc1cc(N(c3ccc4c(c3)oc3cccnc34)c3ccc4c(c3)oc3cccnc34)ccc12. The maximum Gasteiger partial charge on any atom is 0.153 e. The molecule has 0 radical (unpaired) electrons. The van der Waals surface area contributed by atoms with E-state index in [2.05, 4.69) is 75.5 Å². The number of anilines is 3. The Hall–Kier alpha value is -5.62. The molecule has 0 amide bonds. The normalized spacial score (nSPS) is 12.0. The number of para-hydroxylation sites is 1. The molecule has 6 heteroatoms. The molecule has 40 heavy (non-hydrogen) atoms. The number of fused-ring (bicyclic) bond motifs is 9. The molecule has 0 saturated heterocycles. The minimum atomic E-state index is 0.765. The van der Waals surface area contributed by atoms with E-state index in [1.165, 1.54) is 0 Å². The zero-order chi connectivity index (χ0) is 26.2. The Labute approximate surface area is 226 Å². The van der Waals surface area contributed by atoms with E-state index in [-0.39, 0.29) is 0 Å². The number of rotatable bonds is 3. The zero-order valence-corrected chi connectivity index (χ0v) is 21.0. The molecule has 0 aliphatic carbocycles. The van der Waals surface area contributed by atoms with Crippen LogP contribution in [0.25, 0.3) is 66.1 Å². The highest BCUT2D eigenvalue weighted by molar-refractivity contribution is 6.08. The number of furan rings is 3. The molecule has 0 unspecified atom stereocenters. The predicted molar refractivity (Wildman–Crippen MR) is 159 cm³/mol. The summed E-state index contributed by atoms with van der Waals surface area (Å²) >= 11 is 0. The molecular formula is C34H19N3O3. The van der Waals surface area contributed by atoms with Gasteiger partial charge in [0.05, 0.1) is 0 Å². The molecule has 0 aliphatic heterocycles. The van der Waals surface area contributed by atoms with Gasteiger partial charge in [0.15, 0.2) is 11.2 Å². The Morgan fingerprint density at radius 2 is 0.850 bits per heavy atom. The van der Waals surface area contributed by atoms with Crippen LogP contribution in [0.15, 0.2) is 129 Å². The highest BCUT2D eigenvalue weighted by Gasteiger charge is 2.19. The van der Waals surface area contributed by atoms with Crippen LogP contribution in [0.2, 0.25) is 0 Å². The van der Waals surface area contributed by atoms with Crippen LogP contribution in [-0.4, -0.2) is 9.97 Å². The fourth-order valence-electron chi connectivity index (χ4n) is 5.75. The maximum atomic E-state index is 6.26. The fraction of sp³-hybridized carbons (Fsp3) is 0. The molecular weight excluding hydrogens is 498 g/mol. The van der Waals surface area contributed by atoms with Crippen LogP contribution < -0.4 is 4.90 Å². The second-order valence-electron chi connectivity index (χ2n) is 9.88. The molecule has 5 aromatic heterocycles. The average molecular weight is 518 g/mol. The minimum Gasteiger partial charge on any atom is -0.456 e. The molecule has 5 heterocycles. The van der Waals surface area contributed by atoms with E-state index in [0.29, 0.717) is 0 Å². The highest BCUT2D eigenvalue weighted by Crippen LogP contribution is 2.42. The van der Waals surface area contributed by atoms with Crippen LogP contribution >= 0.6 is 0 Å². The summed E-state index contributed by atoms with van der Waals surface area (Å²) in [5, 5.41) is 4.14. The third-order valence-electron chi connectivity index (χ3n) is 7.56. The molecule has 188 valence electrons. The zero-order valence-electron chi connectivity index (χ0n) is 21.0. The second kappa shape index (κ2) is 7.94. The number of hydrogen-bond acceptors (Lipinski definition) is 6. The monoisotopic (exact) mass is 517 g/mol. The smallest absolute Gasteiger partial charge is 0.153 e. The Morgan fingerprint density at radius 1 is 0.400 bits per heavy atom. The molecule has 0 saturated carbocycles. The average Bonchev–Trinajstić information content (AvgIpc) is 3.67. The van der Waals surface area contributed by atoms with Crippen LogP contribution in [0.1, 0.15) is 0 Å². The van der Waals surface area contributed by atoms with Crippen molar-refractivity contribution in [1.29, 1.82) is 0 Å². The summed E-state index contributed by atoms with van der Waals surface area (Å²) in [6.07, 6.45) is 3.58. The summed E-state index contributed by atoms with van der Waals surface area (Å²) in [5.74, 6) is 0. The van der Waals surface area contributed by atoms with E-state index in [0.717, 1.165) is 83.1 Å². The van der Waals surface area contributed by atoms with Gasteiger partial charge in [0.1, 0.15) is 33.4 Å². The third kappa shape index (κ3) is 3.04. The van der Waals surface area contributed by atoms with Gasteiger partial charge in [-0.25, -0.2) is 0 Å². The summed E-state index contributed by atoms with van der Waals surface area (Å²) in [5.41, 5.74) is 9.32. The van der Waals surface area contributed by atoms with Crippen LogP contribution in [0.5, 0.6) is 0 Å². The molecule has 0 fully saturated rings. The van der Waals surface area contributed by atoms with Gasteiger partial charge in [-0.3, -0.25) is 9.97 Å². The molecule has 0 atom stereocenters. The summed E-state index contributed by atoms with van der Waals surface area (Å²) in [7, 11) is 0. The molecule has 0 aliphatic rings. The first-order chi connectivity index (χ1) is 19.8. The Balaban J connectivity index is 1.29. The van der Waals surface area contributed by atoms with Crippen molar-refractivity contribution in [3.8, 4) is 0 Å². The van der Waals surface area contributed by atoms with E-state index < -0.39 is 0 Å². The Morgan fingerprint density at radius 3 is 1.45 bits per heavy atom. The lowest BCUT2D eigenvalue weighted by atomic mass is 10.1. The van der Waals surface area contributed by atoms with Crippen molar-refractivity contribution in [2.45, 2.75) is 0 Å². The van der Waals surface area contributed by atoms with Gasteiger partial charge in [-0.15, -0.1) is 0 Å². The topological polar surface area (TPSA) is 68.4 Å². The first-order valence-electron chi connectivity index (χ1n) is 13.1. The van der Waals surface area contributed by atoms with Crippen LogP contribution in [0.4, 0.5) is 17.1 Å². The van der Waals surface area contributed by atoms with Crippen LogP contribution in [0, 0.1) is 0 Å². The molecule has 0 spiro atoms. The highest BCUT2D eigenvalue weighted by atomic mass is 16.3. The number of nitrogens with zero attached hydrogens (tertiary/aromatic N) is 3. The van der Waals surface area contributed by atoms with Gasteiger partial charge < -0.3 is 18.2 Å². The van der Waals surface area contributed by atoms with Gasteiger partial charge in [0.25, 0.3) is 0 Å². The Bertz CT molecular complexity index is 2140. The van der Waals surface area contributed by atoms with Crippen LogP contribution in [0.3, 0.4) is 0 Å². The first-order valence-corrected chi connectivity index (χ1v) is 13.1. The molecule has 6 nitrogen and oxygen atoms in total. The lowest BCUT2D eigenvalue weighted by Crippen LogP contribution is -2.09.